The average Bonchev–Trinajstić information content (AvgIpc) is 3.42. The SMILES string of the molecule is O=C(COc1ccc(Cl)cc1Cl)NCCn1ncc2c(NCc3ccco3)ncnc21. The van der Waals surface area contributed by atoms with Gasteiger partial charge < -0.3 is 19.8 Å². The van der Waals surface area contributed by atoms with Crippen molar-refractivity contribution < 1.29 is 13.9 Å². The van der Waals surface area contributed by atoms with E-state index >= 15 is 0 Å². The number of carbonyl (C=O) groups excluding carboxylic acids is 1. The molecule has 2 N–H and O–H groups in total. The highest BCUT2D eigenvalue weighted by Crippen LogP contribution is 2.27. The lowest BCUT2D eigenvalue weighted by atomic mass is 10.3. The molecule has 9 nitrogen and oxygen atoms in total. The van der Waals surface area contributed by atoms with Crippen molar-refractivity contribution in [3.05, 3.63) is 64.9 Å². The van der Waals surface area contributed by atoms with Gasteiger partial charge in [0.05, 0.1) is 36.0 Å². The maximum Gasteiger partial charge on any atom is 0.258 e. The summed E-state index contributed by atoms with van der Waals surface area (Å²) in [6.07, 6.45) is 4.77. The molecule has 31 heavy (non-hydrogen) atoms. The van der Waals surface area contributed by atoms with E-state index in [9.17, 15) is 4.79 Å². The molecule has 0 bridgehead atoms. The standard InChI is InChI=1S/C20H18Cl2N6O3/c21-13-3-4-17(16(22)8-13)31-11-18(29)23-5-6-28-20-15(10-27-28)19(25-12-26-20)24-9-14-2-1-7-30-14/h1-4,7-8,10,12H,5-6,9,11H2,(H,23,29)(H,24,25,26). The Morgan fingerprint density at radius 1 is 1.23 bits per heavy atom. The third kappa shape index (κ3) is 5.25. The van der Waals surface area contributed by atoms with Gasteiger partial charge in [-0.15, -0.1) is 0 Å². The normalized spacial score (nSPS) is 10.9. The van der Waals surface area contributed by atoms with Gasteiger partial charge in [-0.3, -0.25) is 4.79 Å². The van der Waals surface area contributed by atoms with E-state index in [1.807, 2.05) is 12.1 Å². The quantitative estimate of drug-likeness (QED) is 0.393. The van der Waals surface area contributed by atoms with Crippen molar-refractivity contribution in [3.63, 3.8) is 0 Å². The number of anilines is 1. The molecular formula is C20H18Cl2N6O3. The van der Waals surface area contributed by atoms with Crippen LogP contribution in [0, 0.1) is 0 Å². The number of benzene rings is 1. The van der Waals surface area contributed by atoms with E-state index in [4.69, 9.17) is 32.4 Å². The number of nitrogens with one attached hydrogen (secondary N) is 2. The molecule has 0 aliphatic heterocycles. The van der Waals surface area contributed by atoms with Crippen LogP contribution in [-0.2, 0) is 17.9 Å². The van der Waals surface area contributed by atoms with Crippen LogP contribution in [0.4, 0.5) is 5.82 Å². The van der Waals surface area contributed by atoms with E-state index < -0.39 is 0 Å². The highest BCUT2D eigenvalue weighted by Gasteiger charge is 2.11. The second kappa shape index (κ2) is 9.67. The average molecular weight is 461 g/mol. The lowest BCUT2D eigenvalue weighted by molar-refractivity contribution is -0.123. The van der Waals surface area contributed by atoms with Gasteiger partial charge in [0.1, 0.15) is 23.7 Å². The smallest absolute Gasteiger partial charge is 0.258 e. The molecular weight excluding hydrogens is 443 g/mol. The Balaban J connectivity index is 1.29. The van der Waals surface area contributed by atoms with Crippen molar-refractivity contribution in [1.82, 2.24) is 25.1 Å². The number of hydrogen-bond donors (Lipinski definition) is 2. The Bertz CT molecular complexity index is 1180. The third-order valence-corrected chi connectivity index (χ3v) is 4.87. The number of halogens is 2. The summed E-state index contributed by atoms with van der Waals surface area (Å²) < 4.78 is 12.4. The Kier molecular flexibility index (Phi) is 6.54. The summed E-state index contributed by atoms with van der Waals surface area (Å²) in [7, 11) is 0. The summed E-state index contributed by atoms with van der Waals surface area (Å²) >= 11 is 11.9. The summed E-state index contributed by atoms with van der Waals surface area (Å²) in [6, 6.07) is 8.52. The summed E-state index contributed by atoms with van der Waals surface area (Å²) in [5.74, 6) is 1.57. The van der Waals surface area contributed by atoms with Gasteiger partial charge in [0, 0.05) is 11.6 Å². The number of hydrogen-bond acceptors (Lipinski definition) is 7. The number of carbonyl (C=O) groups is 1. The Morgan fingerprint density at radius 2 is 2.13 bits per heavy atom. The lowest BCUT2D eigenvalue weighted by Crippen LogP contribution is -2.31. The molecule has 0 saturated carbocycles. The molecule has 4 rings (SSSR count). The molecule has 0 fully saturated rings. The first-order chi connectivity index (χ1) is 15.1. The fraction of sp³-hybridized carbons (Fsp3) is 0.200. The van der Waals surface area contributed by atoms with Crippen molar-refractivity contribution in [3.8, 4) is 5.75 Å². The highest BCUT2D eigenvalue weighted by atomic mass is 35.5. The molecule has 0 spiro atoms. The van der Waals surface area contributed by atoms with E-state index in [1.54, 1.807) is 35.3 Å². The lowest BCUT2D eigenvalue weighted by Gasteiger charge is -2.09. The van der Waals surface area contributed by atoms with E-state index in [0.717, 1.165) is 11.1 Å². The van der Waals surface area contributed by atoms with Gasteiger partial charge in [0.15, 0.2) is 12.3 Å². The molecule has 4 aromatic rings. The molecule has 0 atom stereocenters. The molecule has 0 saturated heterocycles. The number of fused-ring (bicyclic) bond motifs is 1. The second-order valence-corrected chi connectivity index (χ2v) is 7.32. The molecule has 160 valence electrons. The molecule has 0 aliphatic rings. The Hall–Kier alpha value is -3.30. The van der Waals surface area contributed by atoms with E-state index in [2.05, 4.69) is 25.7 Å². The number of aromatic nitrogens is 4. The first-order valence-corrected chi connectivity index (χ1v) is 10.1. The summed E-state index contributed by atoms with van der Waals surface area (Å²) in [4.78, 5) is 20.6. The zero-order chi connectivity index (χ0) is 21.6. The van der Waals surface area contributed by atoms with Gasteiger partial charge >= 0.3 is 0 Å². The Morgan fingerprint density at radius 3 is 2.94 bits per heavy atom. The Labute approximate surface area is 187 Å². The van der Waals surface area contributed by atoms with E-state index in [0.29, 0.717) is 46.9 Å². The van der Waals surface area contributed by atoms with Crippen LogP contribution in [0.3, 0.4) is 0 Å². The first kappa shape index (κ1) is 21.0. The predicted octanol–water partition coefficient (Wildman–Crippen LogP) is 3.53. The number of furan rings is 1. The van der Waals surface area contributed by atoms with Crippen LogP contribution in [0.2, 0.25) is 10.0 Å². The molecule has 0 aliphatic carbocycles. The maximum absolute atomic E-state index is 12.1. The maximum atomic E-state index is 12.1. The second-order valence-electron chi connectivity index (χ2n) is 6.47. The zero-order valence-electron chi connectivity index (χ0n) is 16.2. The number of rotatable bonds is 9. The number of ether oxygens (including phenoxy) is 1. The summed E-state index contributed by atoms with van der Waals surface area (Å²) in [6.45, 7) is 1.13. The molecule has 11 heteroatoms. The molecule has 1 amide bonds. The van der Waals surface area contributed by atoms with Crippen molar-refractivity contribution in [2.75, 3.05) is 18.5 Å². The predicted molar refractivity (Wildman–Crippen MR) is 116 cm³/mol. The minimum Gasteiger partial charge on any atom is -0.482 e. The van der Waals surface area contributed by atoms with Crippen LogP contribution in [0.1, 0.15) is 5.76 Å². The molecule has 3 aromatic heterocycles. The summed E-state index contributed by atoms with van der Waals surface area (Å²) in [5, 5.41) is 12.0. The molecule has 0 unspecified atom stereocenters. The molecule has 3 heterocycles. The van der Waals surface area contributed by atoms with Crippen LogP contribution in [-0.4, -0.2) is 38.8 Å². The van der Waals surface area contributed by atoms with Gasteiger partial charge in [0.2, 0.25) is 0 Å². The topological polar surface area (TPSA) is 107 Å². The van der Waals surface area contributed by atoms with Gasteiger partial charge in [-0.1, -0.05) is 23.2 Å². The molecule has 0 radical (unpaired) electrons. The van der Waals surface area contributed by atoms with Gasteiger partial charge in [-0.05, 0) is 30.3 Å². The molecule has 1 aromatic carbocycles. The van der Waals surface area contributed by atoms with Gasteiger partial charge in [0.25, 0.3) is 5.91 Å². The van der Waals surface area contributed by atoms with E-state index in [1.165, 1.54) is 6.33 Å². The highest BCUT2D eigenvalue weighted by molar-refractivity contribution is 6.35. The van der Waals surface area contributed by atoms with Gasteiger partial charge in [-0.2, -0.15) is 5.10 Å². The minimum atomic E-state index is -0.280. The van der Waals surface area contributed by atoms with Gasteiger partial charge in [-0.25, -0.2) is 14.6 Å². The van der Waals surface area contributed by atoms with Crippen LogP contribution in [0.5, 0.6) is 5.75 Å². The zero-order valence-corrected chi connectivity index (χ0v) is 17.7. The number of amides is 1. The fourth-order valence-corrected chi connectivity index (χ4v) is 3.33. The van der Waals surface area contributed by atoms with Crippen LogP contribution < -0.4 is 15.4 Å². The summed E-state index contributed by atoms with van der Waals surface area (Å²) in [5.41, 5.74) is 0.662. The monoisotopic (exact) mass is 460 g/mol. The fourth-order valence-electron chi connectivity index (χ4n) is 2.87. The van der Waals surface area contributed by atoms with Crippen molar-refractivity contribution in [1.29, 1.82) is 0 Å². The minimum absolute atomic E-state index is 0.162. The largest absolute Gasteiger partial charge is 0.482 e. The van der Waals surface area contributed by atoms with Crippen molar-refractivity contribution >= 4 is 46.0 Å². The van der Waals surface area contributed by atoms with Crippen molar-refractivity contribution in [2.24, 2.45) is 0 Å². The van der Waals surface area contributed by atoms with Crippen LogP contribution in [0.25, 0.3) is 11.0 Å². The first-order valence-electron chi connectivity index (χ1n) is 9.37. The van der Waals surface area contributed by atoms with Crippen LogP contribution >= 0.6 is 23.2 Å². The van der Waals surface area contributed by atoms with Crippen molar-refractivity contribution in [2.45, 2.75) is 13.1 Å². The van der Waals surface area contributed by atoms with E-state index in [-0.39, 0.29) is 12.5 Å². The van der Waals surface area contributed by atoms with Crippen LogP contribution in [0.15, 0.2) is 53.5 Å². The third-order valence-electron chi connectivity index (χ3n) is 4.34. The number of nitrogens with zero attached hydrogens (tertiary/aromatic N) is 4.